The van der Waals surface area contributed by atoms with Crippen molar-refractivity contribution in [2.75, 3.05) is 26.1 Å². The predicted molar refractivity (Wildman–Crippen MR) is 97.2 cm³/mol. The minimum Gasteiger partial charge on any atom is -0.433 e. The number of nitrogens with two attached hydrogens (primary N) is 1. The van der Waals surface area contributed by atoms with E-state index in [1.54, 1.807) is 0 Å². The van der Waals surface area contributed by atoms with Gasteiger partial charge in [-0.2, -0.15) is 0 Å². The first-order chi connectivity index (χ1) is 12.6. The summed E-state index contributed by atoms with van der Waals surface area (Å²) in [6.45, 7) is -1.21. The van der Waals surface area contributed by atoms with Gasteiger partial charge in [0.05, 0.1) is 10.9 Å². The summed E-state index contributed by atoms with van der Waals surface area (Å²) in [4.78, 5) is 22.0. The van der Waals surface area contributed by atoms with E-state index in [9.17, 15) is 22.4 Å². The number of carbonyl (C=O) groups excluding carboxylic acids is 2. The standard InChI is InChI=1S/C15H19Cl2FN2O6S/c1-27(23,24)10-4-2-9(3-5-10)12(26-15(22)25-7-6-19)11(8-18)20-14(21)13(16)17/h2-5,11-13H,6-8,19H2,1H3,(H,20,21)/t11-,12-/m1/s1. The van der Waals surface area contributed by atoms with Crippen molar-refractivity contribution in [1.82, 2.24) is 5.32 Å². The first-order valence-corrected chi connectivity index (χ1v) is 10.3. The van der Waals surface area contributed by atoms with E-state index in [1.165, 1.54) is 24.3 Å². The molecule has 1 amide bonds. The zero-order valence-electron chi connectivity index (χ0n) is 14.2. The lowest BCUT2D eigenvalue weighted by Crippen LogP contribution is -2.44. The lowest BCUT2D eigenvalue weighted by atomic mass is 10.0. The van der Waals surface area contributed by atoms with Gasteiger partial charge < -0.3 is 20.5 Å². The van der Waals surface area contributed by atoms with Crippen LogP contribution in [0.4, 0.5) is 9.18 Å². The Labute approximate surface area is 166 Å². The van der Waals surface area contributed by atoms with Crippen LogP contribution in [0.3, 0.4) is 0 Å². The average molecular weight is 445 g/mol. The molecular formula is C15H19Cl2FN2O6S. The molecule has 0 saturated heterocycles. The number of rotatable bonds is 9. The number of hydrogen-bond acceptors (Lipinski definition) is 7. The van der Waals surface area contributed by atoms with Crippen LogP contribution in [-0.4, -0.2) is 57.4 Å². The second-order valence-corrected chi connectivity index (χ2v) is 8.45. The highest BCUT2D eigenvalue weighted by Crippen LogP contribution is 2.25. The Morgan fingerprint density at radius 1 is 1.26 bits per heavy atom. The number of carbonyl (C=O) groups is 2. The summed E-state index contributed by atoms with van der Waals surface area (Å²) in [6, 6.07) is 3.83. The van der Waals surface area contributed by atoms with Gasteiger partial charge in [-0.3, -0.25) is 4.79 Å². The van der Waals surface area contributed by atoms with Crippen molar-refractivity contribution < 1.29 is 31.9 Å². The Morgan fingerprint density at radius 3 is 2.30 bits per heavy atom. The Balaban J connectivity index is 3.15. The smallest absolute Gasteiger partial charge is 0.433 e. The maximum absolute atomic E-state index is 13.5. The number of nitrogens with one attached hydrogen (secondary N) is 1. The van der Waals surface area contributed by atoms with Gasteiger partial charge >= 0.3 is 6.16 Å². The van der Waals surface area contributed by atoms with E-state index in [0.29, 0.717) is 0 Å². The van der Waals surface area contributed by atoms with Gasteiger partial charge in [0, 0.05) is 12.8 Å². The highest BCUT2D eigenvalue weighted by molar-refractivity contribution is 7.90. The van der Waals surface area contributed by atoms with Crippen LogP contribution >= 0.6 is 23.2 Å². The Hall–Kier alpha value is -1.62. The van der Waals surface area contributed by atoms with Crippen LogP contribution in [0.2, 0.25) is 0 Å². The molecule has 1 aromatic carbocycles. The lowest BCUT2D eigenvalue weighted by molar-refractivity contribution is -0.121. The van der Waals surface area contributed by atoms with Crippen LogP contribution in [-0.2, 0) is 24.1 Å². The van der Waals surface area contributed by atoms with Gasteiger partial charge in [-0.1, -0.05) is 35.3 Å². The predicted octanol–water partition coefficient (Wildman–Crippen LogP) is 1.50. The molecule has 3 N–H and O–H groups in total. The van der Waals surface area contributed by atoms with Crippen LogP contribution in [0.25, 0.3) is 0 Å². The summed E-state index contributed by atoms with van der Waals surface area (Å²) in [5, 5.41) is 2.22. The topological polar surface area (TPSA) is 125 Å². The molecule has 27 heavy (non-hydrogen) atoms. The summed E-state index contributed by atoms with van der Waals surface area (Å²) in [6.07, 6.45) is -1.45. The number of hydrogen-bond donors (Lipinski definition) is 2. The highest BCUT2D eigenvalue weighted by atomic mass is 35.5. The van der Waals surface area contributed by atoms with Crippen molar-refractivity contribution >= 4 is 45.1 Å². The van der Waals surface area contributed by atoms with E-state index in [4.69, 9.17) is 38.4 Å². The van der Waals surface area contributed by atoms with Gasteiger partial charge in [0.15, 0.2) is 20.8 Å². The molecule has 8 nitrogen and oxygen atoms in total. The molecule has 0 aliphatic heterocycles. The van der Waals surface area contributed by atoms with Gasteiger partial charge in [-0.25, -0.2) is 17.6 Å². The van der Waals surface area contributed by atoms with Gasteiger partial charge in [-0.05, 0) is 17.7 Å². The maximum atomic E-state index is 13.5. The molecule has 0 aromatic heterocycles. The third kappa shape index (κ3) is 7.49. The lowest BCUT2D eigenvalue weighted by Gasteiger charge is -2.26. The molecule has 1 rings (SSSR count). The minimum absolute atomic E-state index is 0.0122. The van der Waals surface area contributed by atoms with Gasteiger partial charge in [0.2, 0.25) is 0 Å². The van der Waals surface area contributed by atoms with Crippen molar-refractivity contribution in [3.63, 3.8) is 0 Å². The van der Waals surface area contributed by atoms with Gasteiger partial charge in [-0.15, -0.1) is 0 Å². The number of alkyl halides is 3. The fourth-order valence-electron chi connectivity index (χ4n) is 2.01. The van der Waals surface area contributed by atoms with E-state index < -0.39 is 45.6 Å². The third-order valence-electron chi connectivity index (χ3n) is 3.26. The zero-order chi connectivity index (χ0) is 20.6. The quantitative estimate of drug-likeness (QED) is 0.436. The molecule has 0 heterocycles. The first kappa shape index (κ1) is 23.4. The monoisotopic (exact) mass is 444 g/mol. The van der Waals surface area contributed by atoms with Crippen LogP contribution in [0, 0.1) is 0 Å². The minimum atomic E-state index is -3.46. The molecule has 0 aliphatic carbocycles. The van der Waals surface area contributed by atoms with Crippen LogP contribution in [0.15, 0.2) is 29.2 Å². The molecule has 0 fully saturated rings. The summed E-state index contributed by atoms with van der Waals surface area (Å²) in [5.74, 6) is -0.891. The molecule has 0 spiro atoms. The number of ether oxygens (including phenoxy) is 2. The Bertz CT molecular complexity index is 745. The van der Waals surface area contributed by atoms with Crippen molar-refractivity contribution in [1.29, 1.82) is 0 Å². The van der Waals surface area contributed by atoms with E-state index >= 15 is 0 Å². The van der Waals surface area contributed by atoms with Crippen molar-refractivity contribution in [3.8, 4) is 0 Å². The van der Waals surface area contributed by atoms with E-state index in [1.807, 2.05) is 0 Å². The summed E-state index contributed by atoms with van der Waals surface area (Å²) < 4.78 is 46.4. The second kappa shape index (κ2) is 10.6. The van der Waals surface area contributed by atoms with Gasteiger partial charge in [0.25, 0.3) is 5.91 Å². The highest BCUT2D eigenvalue weighted by Gasteiger charge is 2.31. The molecule has 0 unspecified atom stereocenters. The largest absolute Gasteiger partial charge is 0.509 e. The molecule has 0 radical (unpaired) electrons. The van der Waals surface area contributed by atoms with Gasteiger partial charge in [0.1, 0.15) is 13.3 Å². The van der Waals surface area contributed by atoms with Crippen LogP contribution in [0.5, 0.6) is 0 Å². The van der Waals surface area contributed by atoms with Crippen LogP contribution in [0.1, 0.15) is 11.7 Å². The average Bonchev–Trinajstić information content (AvgIpc) is 2.61. The molecule has 0 saturated carbocycles. The van der Waals surface area contributed by atoms with Crippen molar-refractivity contribution in [3.05, 3.63) is 29.8 Å². The van der Waals surface area contributed by atoms with E-state index in [-0.39, 0.29) is 23.6 Å². The zero-order valence-corrected chi connectivity index (χ0v) is 16.6. The summed E-state index contributed by atoms with van der Waals surface area (Å²) in [7, 11) is -3.46. The molecule has 2 atom stereocenters. The molecule has 1 aromatic rings. The van der Waals surface area contributed by atoms with Crippen molar-refractivity contribution in [2.45, 2.75) is 21.9 Å². The molecular weight excluding hydrogens is 426 g/mol. The van der Waals surface area contributed by atoms with E-state index in [0.717, 1.165) is 6.26 Å². The second-order valence-electron chi connectivity index (χ2n) is 5.34. The summed E-state index contributed by atoms with van der Waals surface area (Å²) >= 11 is 10.9. The summed E-state index contributed by atoms with van der Waals surface area (Å²) in [5.41, 5.74) is 5.44. The van der Waals surface area contributed by atoms with Crippen LogP contribution < -0.4 is 11.1 Å². The Kier molecular flexibility index (Phi) is 9.23. The SMILES string of the molecule is CS(=O)(=O)c1ccc([C@@H](OC(=O)OCCN)[C@@H](CF)NC(=O)C(Cl)Cl)cc1. The maximum Gasteiger partial charge on any atom is 0.509 e. The molecule has 0 bridgehead atoms. The number of halogens is 3. The normalized spacial score (nSPS) is 13.7. The molecule has 0 aliphatic rings. The Morgan fingerprint density at radius 2 is 1.85 bits per heavy atom. The van der Waals surface area contributed by atoms with Crippen molar-refractivity contribution in [2.24, 2.45) is 5.73 Å². The molecule has 12 heteroatoms. The number of amides is 1. The number of sulfone groups is 1. The fraction of sp³-hybridized carbons (Fsp3) is 0.467. The first-order valence-electron chi connectivity index (χ1n) is 7.58. The fourth-order valence-corrected chi connectivity index (χ4v) is 2.76. The molecule has 152 valence electrons. The third-order valence-corrected chi connectivity index (χ3v) is 4.78. The number of benzene rings is 1. The van der Waals surface area contributed by atoms with E-state index in [2.05, 4.69) is 5.32 Å².